The summed E-state index contributed by atoms with van der Waals surface area (Å²) in [5, 5.41) is 0. The molecule has 1 saturated heterocycles. The number of hydrogen-bond donors (Lipinski definition) is 0. The highest BCUT2D eigenvalue weighted by Crippen LogP contribution is 2.23. The lowest BCUT2D eigenvalue weighted by Gasteiger charge is -2.25. The van der Waals surface area contributed by atoms with Crippen molar-refractivity contribution in [2.24, 2.45) is 0 Å². The van der Waals surface area contributed by atoms with Crippen molar-refractivity contribution in [3.8, 4) is 0 Å². The van der Waals surface area contributed by atoms with Gasteiger partial charge in [-0.3, -0.25) is 13.9 Å². The van der Waals surface area contributed by atoms with Gasteiger partial charge in [-0.2, -0.15) is 0 Å². The van der Waals surface area contributed by atoms with Gasteiger partial charge in [0.1, 0.15) is 6.54 Å². The molecule has 5 heteroatoms. The minimum Gasteiger partial charge on any atom is -0.338 e. The molecule has 3 aromatic rings. The van der Waals surface area contributed by atoms with Crippen molar-refractivity contribution in [3.05, 3.63) is 70.6 Å². The van der Waals surface area contributed by atoms with E-state index in [9.17, 15) is 9.59 Å². The fraction of sp³-hybridized carbons (Fsp3) is 0.391. The van der Waals surface area contributed by atoms with E-state index in [1.807, 2.05) is 42.2 Å². The van der Waals surface area contributed by atoms with Gasteiger partial charge in [0.05, 0.1) is 11.0 Å². The first-order chi connectivity index (χ1) is 13.7. The maximum atomic E-state index is 13.1. The molecule has 1 fully saturated rings. The molecule has 4 rings (SSSR count). The van der Waals surface area contributed by atoms with Crippen LogP contribution in [0.4, 0.5) is 0 Å². The van der Waals surface area contributed by atoms with E-state index in [1.54, 1.807) is 9.13 Å². The van der Waals surface area contributed by atoms with Gasteiger partial charge in [0.15, 0.2) is 0 Å². The molecule has 28 heavy (non-hydrogen) atoms. The topological polar surface area (TPSA) is 47.2 Å². The second-order valence-electron chi connectivity index (χ2n) is 7.51. The fourth-order valence-corrected chi connectivity index (χ4v) is 4.40. The van der Waals surface area contributed by atoms with E-state index in [-0.39, 0.29) is 24.2 Å². The summed E-state index contributed by atoms with van der Waals surface area (Å²) in [6.45, 7) is 3.47. The lowest BCUT2D eigenvalue weighted by atomic mass is 10.0. The number of carbonyl (C=O) groups is 1. The molecule has 0 saturated carbocycles. The maximum absolute atomic E-state index is 13.1. The molecule has 1 unspecified atom stereocenters. The van der Waals surface area contributed by atoms with Crippen LogP contribution in [0.15, 0.2) is 59.4 Å². The summed E-state index contributed by atoms with van der Waals surface area (Å²) in [5.74, 6) is 0.0525. The number of carbonyl (C=O) groups excluding carboxylic acids is 1. The molecule has 1 atom stereocenters. The fourth-order valence-electron chi connectivity index (χ4n) is 4.40. The molecule has 1 aliphatic heterocycles. The van der Waals surface area contributed by atoms with Gasteiger partial charge in [-0.15, -0.1) is 0 Å². The van der Waals surface area contributed by atoms with Crippen LogP contribution in [-0.4, -0.2) is 32.5 Å². The summed E-state index contributed by atoms with van der Waals surface area (Å²) >= 11 is 0. The van der Waals surface area contributed by atoms with Crippen molar-refractivity contribution < 1.29 is 4.79 Å². The Kier molecular flexibility index (Phi) is 5.33. The third-order valence-corrected chi connectivity index (χ3v) is 5.84. The molecule has 0 aliphatic carbocycles. The molecule has 5 nitrogen and oxygen atoms in total. The molecule has 2 aromatic carbocycles. The Bertz CT molecular complexity index is 1020. The first-order valence-electron chi connectivity index (χ1n) is 10.2. The predicted molar refractivity (Wildman–Crippen MR) is 111 cm³/mol. The van der Waals surface area contributed by atoms with Crippen LogP contribution in [0.5, 0.6) is 0 Å². The van der Waals surface area contributed by atoms with E-state index in [4.69, 9.17) is 0 Å². The number of aromatic nitrogens is 2. The van der Waals surface area contributed by atoms with Gasteiger partial charge >= 0.3 is 5.69 Å². The Labute approximate surface area is 165 Å². The minimum atomic E-state index is -0.0999. The molecule has 1 aliphatic rings. The van der Waals surface area contributed by atoms with Crippen LogP contribution in [0.1, 0.15) is 31.7 Å². The van der Waals surface area contributed by atoms with Crippen LogP contribution in [-0.2, 0) is 24.3 Å². The van der Waals surface area contributed by atoms with Crippen LogP contribution in [0.2, 0.25) is 0 Å². The molecule has 1 amide bonds. The van der Waals surface area contributed by atoms with Crippen LogP contribution >= 0.6 is 0 Å². The molecule has 1 aromatic heterocycles. The van der Waals surface area contributed by atoms with Gasteiger partial charge in [-0.1, -0.05) is 42.5 Å². The third kappa shape index (κ3) is 3.49. The lowest BCUT2D eigenvalue weighted by molar-refractivity contribution is -0.132. The van der Waals surface area contributed by atoms with Crippen molar-refractivity contribution >= 4 is 16.9 Å². The number of imidazole rings is 1. The average Bonchev–Trinajstić information content (AvgIpc) is 3.30. The number of rotatable bonds is 6. The zero-order valence-electron chi connectivity index (χ0n) is 16.4. The summed E-state index contributed by atoms with van der Waals surface area (Å²) in [6.07, 6.45) is 4.03. The van der Waals surface area contributed by atoms with Gasteiger partial charge in [-0.25, -0.2) is 4.79 Å². The van der Waals surface area contributed by atoms with E-state index in [1.165, 1.54) is 5.56 Å². The third-order valence-electron chi connectivity index (χ3n) is 5.84. The van der Waals surface area contributed by atoms with Gasteiger partial charge in [0, 0.05) is 19.1 Å². The summed E-state index contributed by atoms with van der Waals surface area (Å²) in [6, 6.07) is 18.4. The molecule has 0 radical (unpaired) electrons. The molecule has 146 valence electrons. The van der Waals surface area contributed by atoms with E-state index in [0.717, 1.165) is 43.3 Å². The number of fused-ring (bicyclic) bond motifs is 1. The van der Waals surface area contributed by atoms with Gasteiger partial charge < -0.3 is 4.90 Å². The minimum absolute atomic E-state index is 0.0525. The highest BCUT2D eigenvalue weighted by molar-refractivity contribution is 5.81. The first kappa shape index (κ1) is 18.5. The summed E-state index contributed by atoms with van der Waals surface area (Å²) in [7, 11) is 0. The van der Waals surface area contributed by atoms with Crippen LogP contribution in [0.25, 0.3) is 11.0 Å². The van der Waals surface area contributed by atoms with E-state index in [0.29, 0.717) is 6.54 Å². The SMILES string of the molecule is CCn1c(=O)n(CC(=O)N2CCCC2CCc2ccccc2)c2ccccc21. The predicted octanol–water partition coefficient (Wildman–Crippen LogP) is 3.45. The highest BCUT2D eigenvalue weighted by atomic mass is 16.2. The maximum Gasteiger partial charge on any atom is 0.329 e. The lowest BCUT2D eigenvalue weighted by Crippen LogP contribution is -2.40. The van der Waals surface area contributed by atoms with Crippen LogP contribution < -0.4 is 5.69 Å². The number of aryl methyl sites for hydroxylation is 2. The van der Waals surface area contributed by atoms with Crippen molar-refractivity contribution in [1.29, 1.82) is 0 Å². The molecule has 2 heterocycles. The quantitative estimate of drug-likeness (QED) is 0.661. The van der Waals surface area contributed by atoms with Gasteiger partial charge in [0.25, 0.3) is 0 Å². The largest absolute Gasteiger partial charge is 0.338 e. The van der Waals surface area contributed by atoms with Crippen LogP contribution in [0.3, 0.4) is 0 Å². The molecule has 0 N–H and O–H groups in total. The number of hydrogen-bond acceptors (Lipinski definition) is 2. The van der Waals surface area contributed by atoms with E-state index >= 15 is 0 Å². The smallest absolute Gasteiger partial charge is 0.329 e. The normalized spacial score (nSPS) is 16.8. The van der Waals surface area contributed by atoms with Gasteiger partial charge in [0.2, 0.25) is 5.91 Å². The van der Waals surface area contributed by atoms with E-state index in [2.05, 4.69) is 24.3 Å². The molecule has 0 spiro atoms. The number of nitrogens with zero attached hydrogens (tertiary/aromatic N) is 3. The Hall–Kier alpha value is -2.82. The highest BCUT2D eigenvalue weighted by Gasteiger charge is 2.29. The Morgan fingerprint density at radius 3 is 2.39 bits per heavy atom. The number of benzene rings is 2. The monoisotopic (exact) mass is 377 g/mol. The standard InChI is InChI=1S/C23H27N3O2/c1-2-24-20-12-6-7-13-21(20)26(23(24)28)17-22(27)25-16-8-11-19(25)15-14-18-9-4-3-5-10-18/h3-7,9-10,12-13,19H,2,8,11,14-17H2,1H3. The molecule has 0 bridgehead atoms. The van der Waals surface area contributed by atoms with Crippen molar-refractivity contribution in [2.75, 3.05) is 6.54 Å². The van der Waals surface area contributed by atoms with Crippen molar-refractivity contribution in [1.82, 2.24) is 14.0 Å². The number of amides is 1. The zero-order chi connectivity index (χ0) is 19.5. The second-order valence-corrected chi connectivity index (χ2v) is 7.51. The zero-order valence-corrected chi connectivity index (χ0v) is 16.4. The average molecular weight is 377 g/mol. The van der Waals surface area contributed by atoms with E-state index < -0.39 is 0 Å². The van der Waals surface area contributed by atoms with Gasteiger partial charge in [-0.05, 0) is 50.3 Å². The summed E-state index contributed by atoms with van der Waals surface area (Å²) in [5.41, 5.74) is 2.94. The Morgan fingerprint density at radius 2 is 1.68 bits per heavy atom. The molecular formula is C23H27N3O2. The second kappa shape index (κ2) is 8.05. The Morgan fingerprint density at radius 1 is 1.00 bits per heavy atom. The number of likely N-dealkylation sites (tertiary alicyclic amines) is 1. The first-order valence-corrected chi connectivity index (χ1v) is 10.2. The number of para-hydroxylation sites is 2. The van der Waals surface area contributed by atoms with Crippen molar-refractivity contribution in [2.45, 2.75) is 51.7 Å². The Balaban J connectivity index is 1.51. The van der Waals surface area contributed by atoms with Crippen molar-refractivity contribution in [3.63, 3.8) is 0 Å². The summed E-state index contributed by atoms with van der Waals surface area (Å²) < 4.78 is 3.37. The summed E-state index contributed by atoms with van der Waals surface area (Å²) in [4.78, 5) is 27.9. The van der Waals surface area contributed by atoms with Crippen LogP contribution in [0, 0.1) is 0 Å². The molecular weight excluding hydrogens is 350 g/mol.